The number of carbonyl (C=O) groups excluding carboxylic acids is 2. The lowest BCUT2D eigenvalue weighted by Crippen LogP contribution is -2.61. The Hall–Kier alpha value is -4.09. The summed E-state index contributed by atoms with van der Waals surface area (Å²) in [5.41, 5.74) is 5.51. The van der Waals surface area contributed by atoms with Crippen LogP contribution in [0.25, 0.3) is 11.1 Å². The largest absolute Gasteiger partial charge is 0.481 e. The number of ether oxygens (including phenoxy) is 2. The summed E-state index contributed by atoms with van der Waals surface area (Å²) in [7, 11) is 0. The number of aliphatic carboxylic acids is 1. The molecule has 2 saturated heterocycles. The van der Waals surface area contributed by atoms with Crippen LogP contribution in [0.15, 0.2) is 72.8 Å². The summed E-state index contributed by atoms with van der Waals surface area (Å²) in [6, 6.07) is 24.4. The van der Waals surface area contributed by atoms with Gasteiger partial charge in [-0.15, -0.1) is 0 Å². The number of carboxylic acid groups (broad SMARTS) is 1. The van der Waals surface area contributed by atoms with Crippen molar-refractivity contribution < 1.29 is 34.1 Å². The number of hydrogen-bond donors (Lipinski definition) is 4. The van der Waals surface area contributed by atoms with E-state index in [1.165, 1.54) is 19.3 Å². The average molecular weight is 754 g/mol. The summed E-state index contributed by atoms with van der Waals surface area (Å²) in [6.07, 6.45) is 7.75. The Bertz CT molecular complexity index is 1740. The average Bonchev–Trinajstić information content (AvgIpc) is 3.18. The number of unbranched alkanes of at least 4 members (excludes halogenated alkanes) is 1. The fourth-order valence-electron chi connectivity index (χ4n) is 8.54. The quantitative estimate of drug-likeness (QED) is 0.124. The molecule has 296 valence electrons. The van der Waals surface area contributed by atoms with Crippen LogP contribution >= 0.6 is 0 Å². The number of carbonyl (C=O) groups is 3. The van der Waals surface area contributed by atoms with E-state index in [1.807, 2.05) is 63.2 Å². The third kappa shape index (κ3) is 11.3. The lowest BCUT2D eigenvalue weighted by Gasteiger charge is -2.50. The fraction of sp³-hybridized carbons (Fsp3) is 0.533. The number of rotatable bonds is 14. The summed E-state index contributed by atoms with van der Waals surface area (Å²) in [6.45, 7) is 7.15. The van der Waals surface area contributed by atoms with E-state index in [9.17, 15) is 19.5 Å². The summed E-state index contributed by atoms with van der Waals surface area (Å²) in [5, 5.41) is 24.7. The molecule has 1 saturated carbocycles. The molecule has 6 atom stereocenters. The van der Waals surface area contributed by atoms with Crippen LogP contribution in [0.1, 0.15) is 126 Å². The summed E-state index contributed by atoms with van der Waals surface area (Å²) >= 11 is 0. The van der Waals surface area contributed by atoms with Crippen molar-refractivity contribution in [1.29, 1.82) is 0 Å². The summed E-state index contributed by atoms with van der Waals surface area (Å²) in [5.74, 6) is -0.227. The molecule has 0 spiro atoms. The van der Waals surface area contributed by atoms with E-state index >= 15 is 0 Å². The second-order valence-corrected chi connectivity index (χ2v) is 16.7. The molecule has 10 heteroatoms. The highest BCUT2D eigenvalue weighted by atomic mass is 16.7. The van der Waals surface area contributed by atoms with Gasteiger partial charge in [0.1, 0.15) is 0 Å². The maximum atomic E-state index is 13.8. The number of carboxylic acids is 1. The number of hydrogen-bond acceptors (Lipinski definition) is 7. The molecule has 0 radical (unpaired) electrons. The number of nitrogens with zero attached hydrogens (tertiary/aromatic N) is 1. The van der Waals surface area contributed by atoms with E-state index in [-0.39, 0.29) is 48.6 Å². The number of fused-ring (bicyclic) bond motifs is 1. The summed E-state index contributed by atoms with van der Waals surface area (Å²) < 4.78 is 13.6. The van der Waals surface area contributed by atoms with Gasteiger partial charge in [0.2, 0.25) is 11.8 Å². The van der Waals surface area contributed by atoms with Gasteiger partial charge in [0.25, 0.3) is 0 Å². The molecule has 0 unspecified atom stereocenters. The van der Waals surface area contributed by atoms with Crippen LogP contribution in [0.4, 0.5) is 0 Å². The molecule has 1 aliphatic carbocycles. The van der Waals surface area contributed by atoms with Crippen LogP contribution in [0, 0.1) is 5.92 Å². The molecular formula is C45H59N3O7. The molecule has 0 aromatic heterocycles. The third-order valence-electron chi connectivity index (χ3n) is 11.3. The smallest absolute Gasteiger partial charge is 0.303 e. The first-order valence-corrected chi connectivity index (χ1v) is 20.2. The van der Waals surface area contributed by atoms with Gasteiger partial charge in [0.15, 0.2) is 6.29 Å². The van der Waals surface area contributed by atoms with Gasteiger partial charge in [-0.2, -0.15) is 0 Å². The first kappa shape index (κ1) is 40.6. The first-order valence-electron chi connectivity index (χ1n) is 20.2. The standard InChI is InChI=1S/C45H59N3O7/c1-45(2,3)47-43(53)39-24-23-33-10-4-5-12-38(33)48(39)28-37-26-40(34-17-15-30(29-49)16-18-34)55-44(54-37)35-21-19-32(20-22-35)36-11-8-9-31(25-36)27-46-41(50)13-6-7-14-42(51)52/h8-9,11,15-22,25,33,37-40,44,49H,4-7,10,12-14,23-24,26-29H2,1-3H3,(H,46,50)(H,47,53)(H,51,52)/t33-,37-,38-,39-,40+,44+/m1/s1. The molecule has 10 nitrogen and oxygen atoms in total. The highest BCUT2D eigenvalue weighted by Gasteiger charge is 2.44. The zero-order chi connectivity index (χ0) is 39.0. The van der Waals surface area contributed by atoms with Gasteiger partial charge >= 0.3 is 5.97 Å². The van der Waals surface area contributed by atoms with Crippen molar-refractivity contribution in [3.63, 3.8) is 0 Å². The fourth-order valence-corrected chi connectivity index (χ4v) is 8.54. The van der Waals surface area contributed by atoms with Crippen LogP contribution in [-0.2, 0) is 37.0 Å². The number of nitrogens with one attached hydrogen (secondary N) is 2. The third-order valence-corrected chi connectivity index (χ3v) is 11.3. The van der Waals surface area contributed by atoms with Gasteiger partial charge in [0, 0.05) is 49.5 Å². The highest BCUT2D eigenvalue weighted by molar-refractivity contribution is 5.82. The van der Waals surface area contributed by atoms with Crippen molar-refractivity contribution in [2.45, 2.75) is 141 Å². The molecular weight excluding hydrogens is 695 g/mol. The van der Waals surface area contributed by atoms with Crippen LogP contribution in [0.3, 0.4) is 0 Å². The summed E-state index contributed by atoms with van der Waals surface area (Å²) in [4.78, 5) is 39.3. The molecule has 3 aromatic carbocycles. The Morgan fingerprint density at radius 1 is 0.818 bits per heavy atom. The number of amides is 2. The van der Waals surface area contributed by atoms with E-state index < -0.39 is 12.3 Å². The van der Waals surface area contributed by atoms with Gasteiger partial charge in [0.05, 0.1) is 24.9 Å². The molecule has 2 heterocycles. The normalized spacial score (nSPS) is 24.4. The van der Waals surface area contributed by atoms with Gasteiger partial charge in [-0.1, -0.05) is 79.6 Å². The van der Waals surface area contributed by atoms with Gasteiger partial charge < -0.3 is 30.3 Å². The van der Waals surface area contributed by atoms with Gasteiger partial charge in [-0.25, -0.2) is 0 Å². The molecule has 55 heavy (non-hydrogen) atoms. The zero-order valence-corrected chi connectivity index (χ0v) is 32.7. The van der Waals surface area contributed by atoms with E-state index in [1.54, 1.807) is 0 Å². The zero-order valence-electron chi connectivity index (χ0n) is 32.7. The lowest BCUT2D eigenvalue weighted by atomic mass is 9.75. The Labute approximate surface area is 326 Å². The molecule has 3 fully saturated rings. The van der Waals surface area contributed by atoms with Crippen molar-refractivity contribution in [2.24, 2.45) is 5.92 Å². The van der Waals surface area contributed by atoms with Crippen molar-refractivity contribution in [3.8, 4) is 11.1 Å². The predicted molar refractivity (Wildman–Crippen MR) is 212 cm³/mol. The second kappa shape index (κ2) is 18.7. The van der Waals surface area contributed by atoms with Crippen LogP contribution in [0.5, 0.6) is 0 Å². The SMILES string of the molecule is CC(C)(C)NC(=O)[C@H]1CC[C@H]2CCCC[C@H]2N1C[C@H]1C[C@@H](c2ccc(CO)cc2)O[C@@H](c2ccc(-c3cccc(CNC(=O)CCCCC(=O)O)c3)cc2)O1. The molecule has 4 N–H and O–H groups in total. The number of likely N-dealkylation sites (tertiary alicyclic amines) is 1. The number of aliphatic hydroxyl groups excluding tert-OH is 1. The lowest BCUT2D eigenvalue weighted by molar-refractivity contribution is -0.255. The number of piperidine rings is 1. The number of aliphatic hydroxyl groups is 1. The molecule has 2 amide bonds. The maximum Gasteiger partial charge on any atom is 0.303 e. The van der Waals surface area contributed by atoms with Crippen LogP contribution in [-0.4, -0.2) is 63.2 Å². The van der Waals surface area contributed by atoms with Crippen molar-refractivity contribution in [3.05, 3.63) is 95.1 Å². The van der Waals surface area contributed by atoms with E-state index in [0.717, 1.165) is 52.6 Å². The van der Waals surface area contributed by atoms with Gasteiger partial charge in [-0.3, -0.25) is 19.3 Å². The highest BCUT2D eigenvalue weighted by Crippen LogP contribution is 2.42. The molecule has 0 bridgehead atoms. The van der Waals surface area contributed by atoms with Crippen molar-refractivity contribution in [1.82, 2.24) is 15.5 Å². The Balaban J connectivity index is 1.18. The van der Waals surface area contributed by atoms with Crippen LogP contribution < -0.4 is 10.6 Å². The predicted octanol–water partition coefficient (Wildman–Crippen LogP) is 7.59. The Kier molecular flexibility index (Phi) is 13.8. The minimum Gasteiger partial charge on any atom is -0.481 e. The minimum atomic E-state index is -0.843. The minimum absolute atomic E-state index is 0.0181. The maximum absolute atomic E-state index is 13.8. The molecule has 6 rings (SSSR count). The van der Waals surface area contributed by atoms with Gasteiger partial charge in [-0.05, 0) is 99.1 Å². The van der Waals surface area contributed by atoms with Crippen molar-refractivity contribution >= 4 is 17.8 Å². The van der Waals surface area contributed by atoms with E-state index in [2.05, 4.69) is 45.9 Å². The van der Waals surface area contributed by atoms with E-state index in [4.69, 9.17) is 14.6 Å². The first-order chi connectivity index (χ1) is 26.5. The monoisotopic (exact) mass is 753 g/mol. The van der Waals surface area contributed by atoms with E-state index in [0.29, 0.717) is 50.7 Å². The number of benzene rings is 3. The topological polar surface area (TPSA) is 137 Å². The van der Waals surface area contributed by atoms with Crippen molar-refractivity contribution in [2.75, 3.05) is 6.54 Å². The molecule has 3 aromatic rings. The Morgan fingerprint density at radius 2 is 1.55 bits per heavy atom. The Morgan fingerprint density at radius 3 is 2.27 bits per heavy atom. The van der Waals surface area contributed by atoms with Crippen LogP contribution in [0.2, 0.25) is 0 Å². The molecule has 2 aliphatic heterocycles. The second-order valence-electron chi connectivity index (χ2n) is 16.7. The molecule has 3 aliphatic rings.